The Labute approximate surface area is 118 Å². The number of thiazole rings is 1. The third-order valence-electron chi connectivity index (χ3n) is 2.85. The second-order valence-electron chi connectivity index (χ2n) is 5.26. The lowest BCUT2D eigenvalue weighted by molar-refractivity contribution is 0.201. The monoisotopic (exact) mass is 285 g/mol. The lowest BCUT2D eigenvalue weighted by Crippen LogP contribution is -2.40. The number of urea groups is 1. The molecule has 108 valence electrons. The van der Waals surface area contributed by atoms with Gasteiger partial charge in [0.2, 0.25) is 0 Å². The molecule has 0 unspecified atom stereocenters. The number of carbonyl (C=O) groups is 1. The summed E-state index contributed by atoms with van der Waals surface area (Å²) in [5, 5.41) is 17.6. The third-order valence-corrected chi connectivity index (χ3v) is 3.89. The fraction of sp³-hybridized carbons (Fsp3) is 0.692. The van der Waals surface area contributed by atoms with Crippen LogP contribution < -0.4 is 10.6 Å². The average Bonchev–Trinajstić information content (AvgIpc) is 2.82. The molecule has 19 heavy (non-hydrogen) atoms. The molecule has 0 atom stereocenters. The van der Waals surface area contributed by atoms with Gasteiger partial charge in [0.15, 0.2) is 0 Å². The fourth-order valence-electron chi connectivity index (χ4n) is 1.54. The molecule has 0 radical (unpaired) electrons. The van der Waals surface area contributed by atoms with E-state index in [1.165, 1.54) is 0 Å². The number of carbonyl (C=O) groups excluding carboxylic acids is 1. The van der Waals surface area contributed by atoms with E-state index >= 15 is 0 Å². The normalized spacial score (nSPS) is 11.4. The summed E-state index contributed by atoms with van der Waals surface area (Å²) in [4.78, 5) is 16.0. The van der Waals surface area contributed by atoms with Gasteiger partial charge in [-0.15, -0.1) is 11.3 Å². The summed E-state index contributed by atoms with van der Waals surface area (Å²) in [6, 6.07) is -0.197. The summed E-state index contributed by atoms with van der Waals surface area (Å²) in [5.74, 6) is 0. The zero-order valence-corrected chi connectivity index (χ0v) is 12.6. The SMILES string of the molecule is CCc1nc(CNC(=O)NCC(C)(C)CCO)cs1. The van der Waals surface area contributed by atoms with Gasteiger partial charge in [-0.05, 0) is 18.3 Å². The van der Waals surface area contributed by atoms with Crippen LogP contribution in [0.5, 0.6) is 0 Å². The predicted molar refractivity (Wildman–Crippen MR) is 77.2 cm³/mol. The number of aliphatic hydroxyl groups is 1. The predicted octanol–water partition coefficient (Wildman–Crippen LogP) is 1.91. The van der Waals surface area contributed by atoms with Gasteiger partial charge in [-0.1, -0.05) is 20.8 Å². The number of rotatable bonds is 7. The van der Waals surface area contributed by atoms with Crippen LogP contribution >= 0.6 is 11.3 Å². The molecular weight excluding hydrogens is 262 g/mol. The van der Waals surface area contributed by atoms with E-state index in [0.717, 1.165) is 17.1 Å². The topological polar surface area (TPSA) is 74.2 Å². The van der Waals surface area contributed by atoms with Crippen LogP contribution in [0.25, 0.3) is 0 Å². The van der Waals surface area contributed by atoms with Gasteiger partial charge in [-0.3, -0.25) is 0 Å². The van der Waals surface area contributed by atoms with Crippen molar-refractivity contribution in [1.29, 1.82) is 0 Å². The van der Waals surface area contributed by atoms with Crippen LogP contribution in [-0.4, -0.2) is 29.3 Å². The molecule has 3 N–H and O–H groups in total. The molecule has 5 nitrogen and oxygen atoms in total. The molecule has 0 fully saturated rings. The molecule has 0 aromatic carbocycles. The minimum absolute atomic E-state index is 0.0951. The molecule has 0 aliphatic rings. The Morgan fingerprint density at radius 3 is 2.79 bits per heavy atom. The minimum atomic E-state index is -0.197. The second kappa shape index (κ2) is 7.45. The van der Waals surface area contributed by atoms with Gasteiger partial charge in [0, 0.05) is 18.5 Å². The molecule has 6 heteroatoms. The number of aryl methyl sites for hydroxylation is 1. The highest BCUT2D eigenvalue weighted by molar-refractivity contribution is 7.09. The van der Waals surface area contributed by atoms with Crippen molar-refractivity contribution in [1.82, 2.24) is 15.6 Å². The molecule has 0 aliphatic carbocycles. The molecule has 2 amide bonds. The smallest absolute Gasteiger partial charge is 0.315 e. The summed E-state index contributed by atoms with van der Waals surface area (Å²) in [6.07, 6.45) is 1.59. The highest BCUT2D eigenvalue weighted by Gasteiger charge is 2.17. The summed E-state index contributed by atoms with van der Waals surface area (Å²) in [7, 11) is 0. The molecule has 0 spiro atoms. The van der Waals surface area contributed by atoms with Crippen molar-refractivity contribution in [3.05, 3.63) is 16.1 Å². The zero-order chi connectivity index (χ0) is 14.3. The Hall–Kier alpha value is -1.14. The maximum absolute atomic E-state index is 11.6. The highest BCUT2D eigenvalue weighted by atomic mass is 32.1. The lowest BCUT2D eigenvalue weighted by Gasteiger charge is -2.23. The summed E-state index contributed by atoms with van der Waals surface area (Å²) >= 11 is 1.61. The largest absolute Gasteiger partial charge is 0.396 e. The van der Waals surface area contributed by atoms with Gasteiger partial charge < -0.3 is 15.7 Å². The zero-order valence-electron chi connectivity index (χ0n) is 11.8. The van der Waals surface area contributed by atoms with Crippen LogP contribution in [0.4, 0.5) is 4.79 Å². The second-order valence-corrected chi connectivity index (χ2v) is 6.20. The lowest BCUT2D eigenvalue weighted by atomic mass is 9.90. The van der Waals surface area contributed by atoms with Crippen LogP contribution in [0.15, 0.2) is 5.38 Å². The van der Waals surface area contributed by atoms with E-state index in [4.69, 9.17) is 5.11 Å². The van der Waals surface area contributed by atoms with Crippen molar-refractivity contribution in [2.75, 3.05) is 13.2 Å². The van der Waals surface area contributed by atoms with E-state index in [9.17, 15) is 4.79 Å². The van der Waals surface area contributed by atoms with Gasteiger partial charge in [0.25, 0.3) is 0 Å². The van der Waals surface area contributed by atoms with Crippen molar-refractivity contribution in [3.8, 4) is 0 Å². The van der Waals surface area contributed by atoms with Crippen LogP contribution in [0, 0.1) is 5.41 Å². The molecule has 0 bridgehead atoms. The van der Waals surface area contributed by atoms with E-state index in [1.807, 2.05) is 19.2 Å². The van der Waals surface area contributed by atoms with E-state index in [2.05, 4.69) is 22.5 Å². The number of hydrogen-bond acceptors (Lipinski definition) is 4. The quantitative estimate of drug-likeness (QED) is 0.716. The van der Waals surface area contributed by atoms with Crippen molar-refractivity contribution >= 4 is 17.4 Å². The fourth-order valence-corrected chi connectivity index (χ4v) is 2.28. The molecule has 1 aromatic rings. The molecule has 1 aromatic heterocycles. The van der Waals surface area contributed by atoms with Crippen LogP contribution in [0.3, 0.4) is 0 Å². The molecular formula is C13H23N3O2S. The highest BCUT2D eigenvalue weighted by Crippen LogP contribution is 2.17. The Morgan fingerprint density at radius 2 is 2.21 bits per heavy atom. The van der Waals surface area contributed by atoms with E-state index < -0.39 is 0 Å². The van der Waals surface area contributed by atoms with Crippen LogP contribution in [-0.2, 0) is 13.0 Å². The number of aliphatic hydroxyl groups excluding tert-OH is 1. The third kappa shape index (κ3) is 6.02. The van der Waals surface area contributed by atoms with Crippen molar-refractivity contribution in [3.63, 3.8) is 0 Å². The number of amides is 2. The average molecular weight is 285 g/mol. The summed E-state index contributed by atoms with van der Waals surface area (Å²) in [5.41, 5.74) is 0.800. The Kier molecular flexibility index (Phi) is 6.24. The summed E-state index contributed by atoms with van der Waals surface area (Å²) < 4.78 is 0. The van der Waals surface area contributed by atoms with Gasteiger partial charge in [-0.2, -0.15) is 0 Å². The van der Waals surface area contributed by atoms with Gasteiger partial charge in [0.1, 0.15) is 0 Å². The molecule has 0 saturated heterocycles. The minimum Gasteiger partial charge on any atom is -0.396 e. The molecule has 1 rings (SSSR count). The summed E-state index contributed by atoms with van der Waals surface area (Å²) in [6.45, 7) is 7.20. The Bertz CT molecular complexity index is 404. The van der Waals surface area contributed by atoms with Crippen molar-refractivity contribution in [2.45, 2.75) is 40.2 Å². The first-order valence-corrected chi connectivity index (χ1v) is 7.40. The molecule has 0 aliphatic heterocycles. The first-order valence-electron chi connectivity index (χ1n) is 6.52. The molecule has 0 saturated carbocycles. The standard InChI is InChI=1S/C13H23N3O2S/c1-4-11-16-10(8-19-11)7-14-12(18)15-9-13(2,3)5-6-17/h8,17H,4-7,9H2,1-3H3,(H2,14,15,18). The van der Waals surface area contributed by atoms with E-state index in [1.54, 1.807) is 11.3 Å². The first-order chi connectivity index (χ1) is 8.96. The number of aromatic nitrogens is 1. The van der Waals surface area contributed by atoms with Crippen LogP contribution in [0.1, 0.15) is 37.9 Å². The first kappa shape index (κ1) is 15.9. The number of nitrogens with one attached hydrogen (secondary N) is 2. The van der Waals surface area contributed by atoms with Gasteiger partial charge in [0.05, 0.1) is 17.2 Å². The van der Waals surface area contributed by atoms with Crippen LogP contribution in [0.2, 0.25) is 0 Å². The number of hydrogen-bond donors (Lipinski definition) is 3. The Balaban J connectivity index is 2.28. The molecule has 1 heterocycles. The van der Waals surface area contributed by atoms with E-state index in [0.29, 0.717) is 19.5 Å². The van der Waals surface area contributed by atoms with E-state index in [-0.39, 0.29) is 18.1 Å². The van der Waals surface area contributed by atoms with Crippen molar-refractivity contribution in [2.24, 2.45) is 5.41 Å². The van der Waals surface area contributed by atoms with Gasteiger partial charge in [-0.25, -0.2) is 9.78 Å². The van der Waals surface area contributed by atoms with Gasteiger partial charge >= 0.3 is 6.03 Å². The maximum atomic E-state index is 11.6. The number of nitrogens with zero attached hydrogens (tertiary/aromatic N) is 1. The maximum Gasteiger partial charge on any atom is 0.315 e. The van der Waals surface area contributed by atoms with Crippen molar-refractivity contribution < 1.29 is 9.90 Å². The Morgan fingerprint density at radius 1 is 1.47 bits per heavy atom.